The van der Waals surface area contributed by atoms with Gasteiger partial charge in [0.15, 0.2) is 13.2 Å². The Morgan fingerprint density at radius 2 is 0.849 bits per heavy atom. The van der Waals surface area contributed by atoms with Crippen LogP contribution < -0.4 is 20.1 Å². The SMILES string of the molecule is C[C@H](NC(=O)[C@H](Cc1ccccc1)NC(=O)OCc1ccccc1)C(=O)O.O=C(COC(=O)c1ccc(C(=O)NS(=O)(=O)c2ccccc2)cc1)COC(=O)c1ccc(C(=O)NS(=O)(=O)c2ccccc2)cc1. The van der Waals surface area contributed by atoms with E-state index < -0.39 is 92.8 Å². The highest BCUT2D eigenvalue weighted by molar-refractivity contribution is 7.90. The molecule has 5 N–H and O–H groups in total. The van der Waals surface area contributed by atoms with Crippen molar-refractivity contribution in [3.63, 3.8) is 0 Å². The Kier molecular flexibility index (Phi) is 19.8. The van der Waals surface area contributed by atoms with Crippen LogP contribution in [0.1, 0.15) is 59.5 Å². The molecular weight excluding hydrogens is 989 g/mol. The fourth-order valence-electron chi connectivity index (χ4n) is 6.04. The molecule has 0 saturated heterocycles. The molecule has 0 aliphatic rings. The molecule has 0 radical (unpaired) electrons. The van der Waals surface area contributed by atoms with E-state index in [1.807, 2.05) is 70.1 Å². The van der Waals surface area contributed by atoms with Crippen LogP contribution in [0.3, 0.4) is 0 Å². The van der Waals surface area contributed by atoms with Crippen LogP contribution in [0.2, 0.25) is 0 Å². The second kappa shape index (κ2) is 26.3. The molecule has 2 atom stereocenters. The lowest BCUT2D eigenvalue weighted by molar-refractivity contribution is -0.141. The van der Waals surface area contributed by atoms with Crippen molar-refractivity contribution < 1.29 is 74.5 Å². The molecule has 0 aromatic heterocycles. The van der Waals surface area contributed by atoms with Crippen LogP contribution in [0.15, 0.2) is 180 Å². The van der Waals surface area contributed by atoms with Gasteiger partial charge in [0.1, 0.15) is 18.7 Å². The van der Waals surface area contributed by atoms with E-state index in [4.69, 9.17) is 19.3 Å². The summed E-state index contributed by atoms with van der Waals surface area (Å²) in [5.74, 6) is -6.20. The van der Waals surface area contributed by atoms with Crippen LogP contribution in [0.4, 0.5) is 4.79 Å². The van der Waals surface area contributed by atoms with Crippen molar-refractivity contribution in [2.24, 2.45) is 0 Å². The molecule has 20 nitrogen and oxygen atoms in total. The fraction of sp³-hybridized carbons (Fsp3) is 0.137. The van der Waals surface area contributed by atoms with Gasteiger partial charge in [0.25, 0.3) is 31.9 Å². The summed E-state index contributed by atoms with van der Waals surface area (Å²) in [4.78, 5) is 96.8. The van der Waals surface area contributed by atoms with E-state index in [2.05, 4.69) is 10.6 Å². The number of Topliss-reactive ketones (excluding diaryl/α,β-unsaturated/α-hetero) is 1. The monoisotopic (exact) mass is 1030 g/mol. The van der Waals surface area contributed by atoms with Gasteiger partial charge in [-0.2, -0.15) is 0 Å². The van der Waals surface area contributed by atoms with Gasteiger partial charge >= 0.3 is 24.0 Å². The number of rotatable bonds is 20. The molecule has 378 valence electrons. The summed E-state index contributed by atoms with van der Waals surface area (Å²) in [6.07, 6.45) is -0.544. The maximum Gasteiger partial charge on any atom is 0.408 e. The number of carbonyl (C=O) groups is 8. The van der Waals surface area contributed by atoms with Crippen LogP contribution in [0.25, 0.3) is 0 Å². The van der Waals surface area contributed by atoms with Crippen molar-refractivity contribution in [3.8, 4) is 0 Å². The molecular formula is C51H46N4O16S2. The first kappa shape index (κ1) is 54.9. The molecule has 0 unspecified atom stereocenters. The minimum atomic E-state index is -4.10. The number of sulfonamides is 2. The number of amides is 4. The van der Waals surface area contributed by atoms with E-state index in [0.29, 0.717) is 0 Å². The predicted molar refractivity (Wildman–Crippen MR) is 260 cm³/mol. The Morgan fingerprint density at radius 1 is 0.479 bits per heavy atom. The Morgan fingerprint density at radius 3 is 1.25 bits per heavy atom. The summed E-state index contributed by atoms with van der Waals surface area (Å²) >= 11 is 0. The van der Waals surface area contributed by atoms with Gasteiger partial charge in [-0.25, -0.2) is 40.7 Å². The van der Waals surface area contributed by atoms with Crippen molar-refractivity contribution in [2.45, 2.75) is 41.8 Å². The zero-order valence-electron chi connectivity index (χ0n) is 38.5. The van der Waals surface area contributed by atoms with Crippen LogP contribution in [-0.4, -0.2) is 94.7 Å². The van der Waals surface area contributed by atoms with E-state index in [0.717, 1.165) is 11.1 Å². The van der Waals surface area contributed by atoms with Crippen molar-refractivity contribution >= 4 is 67.6 Å². The number of nitrogens with one attached hydrogen (secondary N) is 4. The lowest BCUT2D eigenvalue weighted by atomic mass is 10.1. The normalized spacial score (nSPS) is 11.6. The number of aliphatic carboxylic acids is 1. The standard InChI is InChI=1S/C31H24N2O11S2.C20H22N2O5/c34-25(19-43-30(37)23-15-11-21(12-16-23)28(35)32-45(39,40)26-7-3-1-4-8-26)20-44-31(38)24-17-13-22(14-18-24)29(36)33-46(41,42)27-9-5-2-6-10-27;1-14(19(24)25)21-18(23)17(12-15-8-4-2-5-9-15)22-20(26)27-13-16-10-6-3-7-11-16/h1-18H,19-20H2,(H,32,35)(H,33,36);2-11,14,17H,12-13H2,1H3,(H,21,23)(H,22,26)(H,24,25)/t;14-,17-/m.0/s1. The van der Waals surface area contributed by atoms with Crippen molar-refractivity contribution in [1.82, 2.24) is 20.1 Å². The highest BCUT2D eigenvalue weighted by atomic mass is 32.2. The van der Waals surface area contributed by atoms with E-state index in [1.54, 1.807) is 12.1 Å². The highest BCUT2D eigenvalue weighted by Crippen LogP contribution is 2.13. The molecule has 22 heteroatoms. The Hall–Kier alpha value is -9.02. The molecule has 0 aliphatic heterocycles. The molecule has 0 saturated carbocycles. The number of ether oxygens (including phenoxy) is 3. The third-order valence-electron chi connectivity index (χ3n) is 9.89. The second-order valence-corrected chi connectivity index (χ2v) is 18.7. The van der Waals surface area contributed by atoms with E-state index in [9.17, 15) is 55.2 Å². The maximum absolute atomic E-state index is 12.4. The maximum atomic E-state index is 12.4. The molecule has 0 heterocycles. The number of ketones is 1. The van der Waals surface area contributed by atoms with Crippen LogP contribution in [0.5, 0.6) is 0 Å². The van der Waals surface area contributed by atoms with Crippen LogP contribution in [-0.2, 0) is 61.7 Å². The van der Waals surface area contributed by atoms with Gasteiger partial charge in [0, 0.05) is 17.5 Å². The number of hydrogen-bond acceptors (Lipinski definition) is 15. The van der Waals surface area contributed by atoms with Gasteiger partial charge < -0.3 is 30.0 Å². The van der Waals surface area contributed by atoms with Gasteiger partial charge in [0.05, 0.1) is 20.9 Å². The summed E-state index contributed by atoms with van der Waals surface area (Å²) in [6, 6.07) is 40.4. The van der Waals surface area contributed by atoms with Gasteiger partial charge in [-0.05, 0) is 90.8 Å². The Balaban J connectivity index is 0.000000311. The smallest absolute Gasteiger partial charge is 0.408 e. The lowest BCUT2D eigenvalue weighted by Gasteiger charge is -2.20. The topological polar surface area (TPSA) is 301 Å². The number of esters is 2. The number of carboxylic acids is 1. The second-order valence-electron chi connectivity index (χ2n) is 15.4. The molecule has 4 amide bonds. The zero-order valence-corrected chi connectivity index (χ0v) is 40.2. The highest BCUT2D eigenvalue weighted by Gasteiger charge is 2.26. The Bertz CT molecular complexity index is 2980. The van der Waals surface area contributed by atoms with Crippen LogP contribution in [0, 0.1) is 0 Å². The number of alkyl carbamates (subject to hydrolysis) is 1. The third-order valence-corrected chi connectivity index (χ3v) is 12.6. The first-order valence-electron chi connectivity index (χ1n) is 21.7. The largest absolute Gasteiger partial charge is 0.480 e. The molecule has 6 aromatic rings. The summed E-state index contributed by atoms with van der Waals surface area (Å²) < 4.78 is 68.2. The quantitative estimate of drug-likeness (QED) is 0.0515. The van der Waals surface area contributed by atoms with Gasteiger partial charge in [-0.3, -0.25) is 24.0 Å². The first-order chi connectivity index (χ1) is 34.8. The molecule has 0 fully saturated rings. The average Bonchev–Trinajstić information content (AvgIpc) is 3.39. The summed E-state index contributed by atoms with van der Waals surface area (Å²) in [7, 11) is -8.21. The average molecular weight is 1040 g/mol. The molecule has 6 rings (SSSR count). The van der Waals surface area contributed by atoms with Crippen molar-refractivity contribution in [3.05, 3.63) is 203 Å². The zero-order chi connectivity index (χ0) is 53.0. The molecule has 0 aliphatic carbocycles. The van der Waals surface area contributed by atoms with Gasteiger partial charge in [-0.15, -0.1) is 0 Å². The molecule has 73 heavy (non-hydrogen) atoms. The summed E-state index contributed by atoms with van der Waals surface area (Å²) in [5, 5.41) is 13.9. The lowest BCUT2D eigenvalue weighted by Crippen LogP contribution is -2.51. The number of hydrogen-bond donors (Lipinski definition) is 5. The minimum absolute atomic E-state index is 0.0343. The summed E-state index contributed by atoms with van der Waals surface area (Å²) in [6.45, 7) is -0.0528. The first-order valence-corrected chi connectivity index (χ1v) is 24.6. The van der Waals surface area contributed by atoms with Crippen LogP contribution >= 0.6 is 0 Å². The van der Waals surface area contributed by atoms with Gasteiger partial charge in [0.2, 0.25) is 11.7 Å². The van der Waals surface area contributed by atoms with Crippen molar-refractivity contribution in [1.29, 1.82) is 0 Å². The van der Waals surface area contributed by atoms with E-state index in [1.165, 1.54) is 104 Å². The number of carboxylic acid groups (broad SMARTS) is 1. The van der Waals surface area contributed by atoms with Gasteiger partial charge in [-0.1, -0.05) is 97.1 Å². The van der Waals surface area contributed by atoms with E-state index >= 15 is 0 Å². The predicted octanol–water partition coefficient (Wildman–Crippen LogP) is 4.62. The third kappa shape index (κ3) is 17.4. The Labute approximate surface area is 418 Å². The van der Waals surface area contributed by atoms with E-state index in [-0.39, 0.29) is 45.1 Å². The summed E-state index contributed by atoms with van der Waals surface area (Å²) in [5.41, 5.74) is 1.47. The minimum Gasteiger partial charge on any atom is -0.480 e. The number of carbonyl (C=O) groups excluding carboxylic acids is 7. The number of benzene rings is 6. The molecule has 6 aromatic carbocycles. The molecule has 0 spiro atoms. The van der Waals surface area contributed by atoms with Crippen molar-refractivity contribution in [2.75, 3.05) is 13.2 Å². The fourth-order valence-corrected chi connectivity index (χ4v) is 8.03. The molecule has 0 bridgehead atoms.